The number of halogens is 1. The maximum absolute atomic E-state index is 12.2. The Bertz CT molecular complexity index is 902. The second kappa shape index (κ2) is 7.86. The van der Waals surface area contributed by atoms with Crippen LogP contribution in [-0.2, 0) is 16.6 Å². The molecule has 0 spiro atoms. The predicted molar refractivity (Wildman–Crippen MR) is 105 cm³/mol. The van der Waals surface area contributed by atoms with Gasteiger partial charge in [-0.1, -0.05) is 12.1 Å². The van der Waals surface area contributed by atoms with E-state index in [4.69, 9.17) is 9.72 Å². The van der Waals surface area contributed by atoms with E-state index < -0.39 is 6.10 Å². The molecule has 136 valence electrons. The van der Waals surface area contributed by atoms with Crippen molar-refractivity contribution >= 4 is 35.0 Å². The molecule has 1 aromatic heterocycles. The number of carbonyl (C=O) groups is 1. The average Bonchev–Trinajstić information content (AvgIpc) is 3.00. The molecule has 0 bridgehead atoms. The number of carbonyl (C=O) groups excluding carboxylic acids is 1. The Balaban J connectivity index is 0.00000196. The molecule has 7 heteroatoms. The summed E-state index contributed by atoms with van der Waals surface area (Å²) in [5, 5.41) is 6.05. The number of para-hydroxylation sites is 2. The summed E-state index contributed by atoms with van der Waals surface area (Å²) in [6.45, 7) is 1.89. The van der Waals surface area contributed by atoms with Crippen LogP contribution in [0.2, 0.25) is 0 Å². The summed E-state index contributed by atoms with van der Waals surface area (Å²) < 4.78 is 7.54. The molecule has 3 aromatic rings. The number of aryl methyl sites for hydroxylation is 1. The van der Waals surface area contributed by atoms with Crippen LogP contribution in [0.1, 0.15) is 0 Å². The zero-order valence-corrected chi connectivity index (χ0v) is 15.3. The van der Waals surface area contributed by atoms with Crippen molar-refractivity contribution < 1.29 is 9.53 Å². The van der Waals surface area contributed by atoms with Gasteiger partial charge in [-0.15, -0.1) is 12.4 Å². The maximum atomic E-state index is 12.2. The van der Waals surface area contributed by atoms with Crippen molar-refractivity contribution in [3.63, 3.8) is 0 Å². The van der Waals surface area contributed by atoms with Gasteiger partial charge in [-0.3, -0.25) is 4.79 Å². The molecule has 0 radical (unpaired) electrons. The highest BCUT2D eigenvalue weighted by atomic mass is 35.5. The third kappa shape index (κ3) is 3.58. The van der Waals surface area contributed by atoms with Gasteiger partial charge < -0.3 is 19.9 Å². The minimum atomic E-state index is -0.437. The molecule has 1 aliphatic rings. The van der Waals surface area contributed by atoms with E-state index >= 15 is 0 Å². The minimum absolute atomic E-state index is 0. The minimum Gasteiger partial charge on any atom is -0.366 e. The molecule has 2 aromatic carbocycles. The summed E-state index contributed by atoms with van der Waals surface area (Å²) in [6.07, 6.45) is -0.437. The van der Waals surface area contributed by atoms with E-state index in [0.717, 1.165) is 34.7 Å². The molecule has 1 fully saturated rings. The van der Waals surface area contributed by atoms with Gasteiger partial charge in [0.2, 0.25) is 0 Å². The third-order valence-electron chi connectivity index (χ3n) is 4.42. The number of amides is 1. The number of morpholine rings is 1. The van der Waals surface area contributed by atoms with Crippen molar-refractivity contribution in [1.29, 1.82) is 0 Å². The van der Waals surface area contributed by atoms with Gasteiger partial charge in [-0.05, 0) is 36.4 Å². The standard InChI is InChI=1S/C19H20N4O2.ClH/c1-23-16-5-3-2-4-15(16)22-18(23)13-6-8-14(9-7-13)21-19(24)17-12-20-10-11-25-17;/h2-9,17,20H,10-12H2,1H3,(H,21,24);1H. The van der Waals surface area contributed by atoms with Crippen molar-refractivity contribution in [1.82, 2.24) is 14.9 Å². The monoisotopic (exact) mass is 372 g/mol. The van der Waals surface area contributed by atoms with Crippen molar-refractivity contribution in [3.05, 3.63) is 48.5 Å². The maximum Gasteiger partial charge on any atom is 0.254 e. The van der Waals surface area contributed by atoms with E-state index in [1.54, 1.807) is 0 Å². The number of nitrogens with zero attached hydrogens (tertiary/aromatic N) is 2. The average molecular weight is 373 g/mol. The lowest BCUT2D eigenvalue weighted by molar-refractivity contribution is -0.128. The molecule has 26 heavy (non-hydrogen) atoms. The fourth-order valence-electron chi connectivity index (χ4n) is 3.06. The summed E-state index contributed by atoms with van der Waals surface area (Å²) in [5.74, 6) is 0.779. The van der Waals surface area contributed by atoms with Crippen molar-refractivity contribution in [2.75, 3.05) is 25.0 Å². The van der Waals surface area contributed by atoms with E-state index in [1.807, 2.05) is 49.5 Å². The fourth-order valence-corrected chi connectivity index (χ4v) is 3.06. The van der Waals surface area contributed by atoms with Crippen LogP contribution >= 0.6 is 12.4 Å². The zero-order valence-electron chi connectivity index (χ0n) is 14.4. The Morgan fingerprint density at radius 1 is 1.23 bits per heavy atom. The molecule has 4 rings (SSSR count). The van der Waals surface area contributed by atoms with Gasteiger partial charge in [0, 0.05) is 31.4 Å². The van der Waals surface area contributed by atoms with Crippen LogP contribution < -0.4 is 10.6 Å². The fraction of sp³-hybridized carbons (Fsp3) is 0.263. The van der Waals surface area contributed by atoms with Gasteiger partial charge in [0.1, 0.15) is 11.9 Å². The number of anilines is 1. The van der Waals surface area contributed by atoms with Crippen molar-refractivity contribution in [2.45, 2.75) is 6.10 Å². The van der Waals surface area contributed by atoms with Crippen LogP contribution in [0.4, 0.5) is 5.69 Å². The second-order valence-corrected chi connectivity index (χ2v) is 6.11. The number of rotatable bonds is 3. The van der Waals surface area contributed by atoms with Crippen molar-refractivity contribution in [2.24, 2.45) is 7.05 Å². The highest BCUT2D eigenvalue weighted by molar-refractivity contribution is 5.94. The number of fused-ring (bicyclic) bond motifs is 1. The lowest BCUT2D eigenvalue weighted by Gasteiger charge is -2.22. The Morgan fingerprint density at radius 2 is 2.00 bits per heavy atom. The lowest BCUT2D eigenvalue weighted by Crippen LogP contribution is -2.45. The Kier molecular flexibility index (Phi) is 5.56. The molecule has 1 aliphatic heterocycles. The number of hydrogen-bond acceptors (Lipinski definition) is 4. The number of hydrogen-bond donors (Lipinski definition) is 2. The number of aromatic nitrogens is 2. The molecule has 2 heterocycles. The van der Waals surface area contributed by atoms with Gasteiger partial charge >= 0.3 is 0 Å². The van der Waals surface area contributed by atoms with Gasteiger partial charge in [-0.25, -0.2) is 4.98 Å². The quantitative estimate of drug-likeness (QED) is 0.741. The topological polar surface area (TPSA) is 68.2 Å². The van der Waals surface area contributed by atoms with E-state index in [2.05, 4.69) is 21.3 Å². The predicted octanol–water partition coefficient (Wildman–Crippen LogP) is 2.59. The number of imidazole rings is 1. The Morgan fingerprint density at radius 3 is 2.69 bits per heavy atom. The largest absolute Gasteiger partial charge is 0.366 e. The van der Waals surface area contributed by atoms with Crippen LogP contribution in [-0.4, -0.2) is 41.3 Å². The van der Waals surface area contributed by atoms with Gasteiger partial charge in [0.05, 0.1) is 17.6 Å². The van der Waals surface area contributed by atoms with E-state index in [-0.39, 0.29) is 18.3 Å². The molecule has 1 atom stereocenters. The molecule has 1 amide bonds. The summed E-state index contributed by atoms with van der Waals surface area (Å²) in [7, 11) is 2.01. The van der Waals surface area contributed by atoms with E-state index in [9.17, 15) is 4.79 Å². The van der Waals surface area contributed by atoms with E-state index in [1.165, 1.54) is 0 Å². The molecule has 0 aliphatic carbocycles. The third-order valence-corrected chi connectivity index (χ3v) is 4.42. The Hall–Kier alpha value is -2.41. The first-order valence-corrected chi connectivity index (χ1v) is 8.37. The van der Waals surface area contributed by atoms with Gasteiger partial charge in [-0.2, -0.15) is 0 Å². The molecule has 6 nitrogen and oxygen atoms in total. The molecular formula is C19H21ClN4O2. The summed E-state index contributed by atoms with van der Waals surface area (Å²) in [5.41, 5.74) is 3.82. The first kappa shape index (κ1) is 18.4. The van der Waals surface area contributed by atoms with Crippen LogP contribution in [0, 0.1) is 0 Å². The Labute approximate surface area is 158 Å². The van der Waals surface area contributed by atoms with Gasteiger partial charge in [0.15, 0.2) is 0 Å². The van der Waals surface area contributed by atoms with Crippen LogP contribution in [0.3, 0.4) is 0 Å². The molecular weight excluding hydrogens is 352 g/mol. The normalized spacial score (nSPS) is 16.9. The first-order chi connectivity index (χ1) is 12.2. The summed E-state index contributed by atoms with van der Waals surface area (Å²) >= 11 is 0. The lowest BCUT2D eigenvalue weighted by atomic mass is 10.2. The molecule has 0 saturated carbocycles. The van der Waals surface area contributed by atoms with Crippen LogP contribution in [0.15, 0.2) is 48.5 Å². The smallest absolute Gasteiger partial charge is 0.254 e. The first-order valence-electron chi connectivity index (χ1n) is 8.37. The second-order valence-electron chi connectivity index (χ2n) is 6.11. The molecule has 1 unspecified atom stereocenters. The van der Waals surface area contributed by atoms with Crippen LogP contribution in [0.5, 0.6) is 0 Å². The number of ether oxygens (including phenoxy) is 1. The summed E-state index contributed by atoms with van der Waals surface area (Å²) in [6, 6.07) is 15.8. The highest BCUT2D eigenvalue weighted by Gasteiger charge is 2.21. The number of benzene rings is 2. The molecule has 1 saturated heterocycles. The highest BCUT2D eigenvalue weighted by Crippen LogP contribution is 2.24. The molecule has 2 N–H and O–H groups in total. The van der Waals surface area contributed by atoms with Crippen molar-refractivity contribution in [3.8, 4) is 11.4 Å². The van der Waals surface area contributed by atoms with Crippen LogP contribution in [0.25, 0.3) is 22.4 Å². The van der Waals surface area contributed by atoms with Gasteiger partial charge in [0.25, 0.3) is 5.91 Å². The zero-order chi connectivity index (χ0) is 17.2. The number of nitrogens with one attached hydrogen (secondary N) is 2. The SMILES string of the molecule is Cl.Cn1c(-c2ccc(NC(=O)C3CNCCO3)cc2)nc2ccccc21. The summed E-state index contributed by atoms with van der Waals surface area (Å²) in [4.78, 5) is 16.9. The van der Waals surface area contributed by atoms with E-state index in [0.29, 0.717) is 13.2 Å².